The minimum absolute atomic E-state index is 0.0265. The number of hydrogen-bond donors (Lipinski definition) is 2. The number of hydrogen-bond acceptors (Lipinski definition) is 4. The van der Waals surface area contributed by atoms with Gasteiger partial charge >= 0.3 is 0 Å². The van der Waals surface area contributed by atoms with Crippen LogP contribution in [0.3, 0.4) is 0 Å². The minimum Gasteiger partial charge on any atom is -0.376 e. The molecule has 0 rings (SSSR count). The quantitative estimate of drug-likeness (QED) is 0.579. The molecule has 0 atom stereocenters. The fraction of sp³-hybridized carbons (Fsp3) is 0.857. The van der Waals surface area contributed by atoms with E-state index in [2.05, 4.69) is 5.09 Å². The van der Waals surface area contributed by atoms with E-state index >= 15 is 0 Å². The van der Waals surface area contributed by atoms with Crippen LogP contribution >= 0.6 is 18.9 Å². The second-order valence-corrected chi connectivity index (χ2v) is 6.80. The molecule has 14 heavy (non-hydrogen) atoms. The Labute approximate surface area is 95.8 Å². The monoisotopic (exact) mass is 256 g/mol. The summed E-state index contributed by atoms with van der Waals surface area (Å²) < 4.78 is 11.0. The molecule has 0 amide bonds. The molecule has 0 saturated heterocycles. The van der Waals surface area contributed by atoms with Crippen molar-refractivity contribution in [2.24, 2.45) is 5.73 Å². The Kier molecular flexibility index (Phi) is 6.09. The van der Waals surface area contributed by atoms with E-state index < -0.39 is 6.64 Å². The standard InChI is InChI=1S/C7H17N2O2PS2/c1-5(2)10-12(14,9-7(8)13)11-6(3)4/h5-6H,1-4H3,(H3,8,9,13,14). The fourth-order valence-electron chi connectivity index (χ4n) is 0.768. The van der Waals surface area contributed by atoms with Crippen LogP contribution in [0.15, 0.2) is 0 Å². The lowest BCUT2D eigenvalue weighted by atomic mass is 10.5. The fourth-order valence-corrected chi connectivity index (χ4v) is 4.16. The van der Waals surface area contributed by atoms with Gasteiger partial charge in [-0.1, -0.05) is 0 Å². The molecular weight excluding hydrogens is 239 g/mol. The van der Waals surface area contributed by atoms with Gasteiger partial charge in [-0.3, -0.25) is 5.09 Å². The van der Waals surface area contributed by atoms with Crippen LogP contribution in [0.5, 0.6) is 0 Å². The maximum absolute atomic E-state index is 5.48. The van der Waals surface area contributed by atoms with Crippen LogP contribution in [0.1, 0.15) is 27.7 Å². The molecule has 4 nitrogen and oxygen atoms in total. The SMILES string of the molecule is CC(C)OP(=S)(NC(N)=S)OC(C)C. The van der Waals surface area contributed by atoms with E-state index in [4.69, 9.17) is 38.8 Å². The minimum atomic E-state index is -2.57. The Bertz CT molecular complexity index is 232. The summed E-state index contributed by atoms with van der Waals surface area (Å²) in [6.07, 6.45) is -0.0529. The van der Waals surface area contributed by atoms with Gasteiger partial charge in [0.15, 0.2) is 5.11 Å². The summed E-state index contributed by atoms with van der Waals surface area (Å²) >= 11 is 9.94. The molecule has 0 heterocycles. The van der Waals surface area contributed by atoms with Crippen molar-refractivity contribution in [3.63, 3.8) is 0 Å². The van der Waals surface area contributed by atoms with E-state index in [0.29, 0.717) is 0 Å². The molecule has 0 aromatic carbocycles. The molecule has 0 aromatic heterocycles. The smallest absolute Gasteiger partial charge is 0.289 e. The van der Waals surface area contributed by atoms with Crippen molar-refractivity contribution in [2.75, 3.05) is 0 Å². The van der Waals surface area contributed by atoms with E-state index in [0.717, 1.165) is 0 Å². The summed E-state index contributed by atoms with van der Waals surface area (Å²) in [5, 5.41) is 2.82. The van der Waals surface area contributed by atoms with Gasteiger partial charge in [0.05, 0.1) is 12.2 Å². The summed E-state index contributed by atoms with van der Waals surface area (Å²) in [6.45, 7) is 4.95. The third-order valence-electron chi connectivity index (χ3n) is 0.946. The zero-order chi connectivity index (χ0) is 11.4. The van der Waals surface area contributed by atoms with E-state index in [-0.39, 0.29) is 17.3 Å². The summed E-state index contributed by atoms with van der Waals surface area (Å²) in [6, 6.07) is 0. The Morgan fingerprint density at radius 2 is 1.57 bits per heavy atom. The van der Waals surface area contributed by atoms with Crippen molar-refractivity contribution in [2.45, 2.75) is 39.9 Å². The Hall–Kier alpha value is 0.260. The average Bonchev–Trinajstić information content (AvgIpc) is 1.76. The van der Waals surface area contributed by atoms with Crippen molar-refractivity contribution in [3.05, 3.63) is 0 Å². The van der Waals surface area contributed by atoms with Crippen LogP contribution in [0.4, 0.5) is 0 Å². The molecule has 0 unspecified atom stereocenters. The van der Waals surface area contributed by atoms with E-state index in [1.807, 2.05) is 27.7 Å². The van der Waals surface area contributed by atoms with Crippen LogP contribution < -0.4 is 10.8 Å². The third kappa shape index (κ3) is 6.68. The van der Waals surface area contributed by atoms with Gasteiger partial charge in [0.2, 0.25) is 0 Å². The molecule has 3 N–H and O–H groups in total. The highest BCUT2D eigenvalue weighted by Crippen LogP contribution is 2.46. The maximum atomic E-state index is 5.48. The van der Waals surface area contributed by atoms with Gasteiger partial charge in [0.25, 0.3) is 6.64 Å². The second kappa shape index (κ2) is 5.98. The molecule has 0 aliphatic carbocycles. The summed E-state index contributed by atoms with van der Waals surface area (Å²) in [5.41, 5.74) is 5.35. The molecule has 0 aromatic rings. The highest BCUT2D eigenvalue weighted by atomic mass is 32.5. The molecule has 84 valence electrons. The zero-order valence-corrected chi connectivity index (χ0v) is 11.3. The van der Waals surface area contributed by atoms with E-state index in [9.17, 15) is 0 Å². The van der Waals surface area contributed by atoms with Crippen molar-refractivity contribution in [3.8, 4) is 0 Å². The van der Waals surface area contributed by atoms with Gasteiger partial charge in [-0.05, 0) is 51.7 Å². The number of rotatable bonds is 5. The third-order valence-corrected chi connectivity index (χ3v) is 3.90. The molecule has 0 radical (unpaired) electrons. The first kappa shape index (κ1) is 14.3. The number of nitrogens with one attached hydrogen (secondary N) is 1. The van der Waals surface area contributed by atoms with Crippen LogP contribution in [0.25, 0.3) is 0 Å². The highest BCUT2D eigenvalue weighted by Gasteiger charge is 2.22. The second-order valence-electron chi connectivity index (χ2n) is 3.28. The van der Waals surface area contributed by atoms with E-state index in [1.165, 1.54) is 0 Å². The van der Waals surface area contributed by atoms with Crippen LogP contribution in [0.2, 0.25) is 0 Å². The Morgan fingerprint density at radius 1 is 1.21 bits per heavy atom. The first-order valence-electron chi connectivity index (χ1n) is 4.29. The van der Waals surface area contributed by atoms with Crippen molar-refractivity contribution < 1.29 is 9.05 Å². The molecule has 0 saturated carbocycles. The molecule has 0 spiro atoms. The van der Waals surface area contributed by atoms with Gasteiger partial charge in [0.1, 0.15) is 0 Å². The number of nitrogens with two attached hydrogens (primary N) is 1. The predicted octanol–water partition coefficient (Wildman–Crippen LogP) is 1.89. The topological polar surface area (TPSA) is 56.5 Å². The largest absolute Gasteiger partial charge is 0.376 e. The first-order valence-corrected chi connectivity index (χ1v) is 7.34. The lowest BCUT2D eigenvalue weighted by Crippen LogP contribution is -2.29. The average molecular weight is 256 g/mol. The van der Waals surface area contributed by atoms with Crippen molar-refractivity contribution in [1.29, 1.82) is 0 Å². The zero-order valence-electron chi connectivity index (χ0n) is 8.81. The normalized spacial score (nSPS) is 12.1. The maximum Gasteiger partial charge on any atom is 0.289 e. The Balaban J connectivity index is 4.49. The van der Waals surface area contributed by atoms with Gasteiger partial charge in [-0.25, -0.2) is 0 Å². The highest BCUT2D eigenvalue weighted by molar-refractivity contribution is 8.09. The molecular formula is C7H17N2O2PS2. The van der Waals surface area contributed by atoms with Crippen molar-refractivity contribution in [1.82, 2.24) is 5.09 Å². The lowest BCUT2D eigenvalue weighted by Gasteiger charge is -2.26. The predicted molar refractivity (Wildman–Crippen MR) is 66.6 cm³/mol. The van der Waals surface area contributed by atoms with E-state index in [1.54, 1.807) is 0 Å². The molecule has 7 heteroatoms. The first-order chi connectivity index (χ1) is 6.25. The van der Waals surface area contributed by atoms with Gasteiger partial charge in [0, 0.05) is 0 Å². The lowest BCUT2D eigenvalue weighted by molar-refractivity contribution is 0.172. The molecule has 0 fully saturated rings. The van der Waals surface area contributed by atoms with Gasteiger partial charge in [-0.15, -0.1) is 0 Å². The molecule has 0 aliphatic rings. The van der Waals surface area contributed by atoms with Crippen molar-refractivity contribution >= 4 is 35.8 Å². The molecule has 0 aliphatic heterocycles. The summed E-state index contributed by atoms with van der Waals surface area (Å²) in [4.78, 5) is 0. The van der Waals surface area contributed by atoms with Gasteiger partial charge in [-0.2, -0.15) is 0 Å². The molecule has 0 bridgehead atoms. The Morgan fingerprint density at radius 3 is 1.79 bits per heavy atom. The van der Waals surface area contributed by atoms with Gasteiger partial charge < -0.3 is 14.8 Å². The van der Waals surface area contributed by atoms with Crippen LogP contribution in [0, 0.1) is 0 Å². The van der Waals surface area contributed by atoms with Crippen LogP contribution in [-0.2, 0) is 20.9 Å². The van der Waals surface area contributed by atoms with Crippen LogP contribution in [-0.4, -0.2) is 17.3 Å². The summed E-state index contributed by atoms with van der Waals surface area (Å²) in [7, 11) is 0. The number of thiocarbonyl (C=S) groups is 1. The summed E-state index contributed by atoms with van der Waals surface area (Å²) in [5.74, 6) is 0.